The van der Waals surface area contributed by atoms with Gasteiger partial charge in [0.2, 0.25) is 0 Å². The van der Waals surface area contributed by atoms with Gasteiger partial charge in [-0.25, -0.2) is 13.6 Å². The molecule has 6 nitrogen and oxygen atoms in total. The second-order valence-electron chi connectivity index (χ2n) is 5.23. The van der Waals surface area contributed by atoms with Crippen molar-refractivity contribution in [3.63, 3.8) is 0 Å². The van der Waals surface area contributed by atoms with Gasteiger partial charge in [0.15, 0.2) is 5.84 Å². The fraction of sp³-hybridized carbons (Fsp3) is 0.357. The van der Waals surface area contributed by atoms with Crippen molar-refractivity contribution < 1.29 is 18.4 Å². The third-order valence-electron chi connectivity index (χ3n) is 3.43. The lowest BCUT2D eigenvalue weighted by Gasteiger charge is -2.05. The Balaban J connectivity index is 1.72. The van der Waals surface area contributed by atoms with Crippen LogP contribution in [0, 0.1) is 0 Å². The minimum atomic E-state index is -2.81. The summed E-state index contributed by atoms with van der Waals surface area (Å²) in [6.45, 7) is -0.362. The zero-order valence-corrected chi connectivity index (χ0v) is 13.9. The molecule has 2 N–H and O–H groups in total. The molecular weight excluding hydrogens is 362 g/mol. The van der Waals surface area contributed by atoms with Gasteiger partial charge in [0, 0.05) is 5.92 Å². The number of halogens is 3. The first-order valence-electron chi connectivity index (χ1n) is 7.08. The molecule has 0 spiro atoms. The summed E-state index contributed by atoms with van der Waals surface area (Å²) < 4.78 is 27.0. The highest BCUT2D eigenvalue weighted by molar-refractivity contribution is 7.12. The summed E-state index contributed by atoms with van der Waals surface area (Å²) in [6.07, 6.45) is -1.15. The van der Waals surface area contributed by atoms with Crippen LogP contribution in [0.4, 0.5) is 8.78 Å². The largest absolute Gasteiger partial charge is 0.380 e. The van der Waals surface area contributed by atoms with E-state index in [1.165, 1.54) is 16.0 Å². The van der Waals surface area contributed by atoms with E-state index in [-0.39, 0.29) is 23.3 Å². The van der Waals surface area contributed by atoms with Crippen LogP contribution in [0.15, 0.2) is 22.7 Å². The number of hydrogen-bond donors (Lipinski definition) is 1. The molecule has 2 aromatic heterocycles. The van der Waals surface area contributed by atoms with E-state index in [4.69, 9.17) is 22.2 Å². The third-order valence-corrected chi connectivity index (χ3v) is 4.70. The summed E-state index contributed by atoms with van der Waals surface area (Å²) in [5.41, 5.74) is 5.60. The van der Waals surface area contributed by atoms with Crippen LogP contribution in [0.3, 0.4) is 0 Å². The number of oxime groups is 1. The smallest absolute Gasteiger partial charge is 0.356 e. The van der Waals surface area contributed by atoms with Crippen LogP contribution in [0.1, 0.15) is 41.4 Å². The molecule has 0 unspecified atom stereocenters. The Morgan fingerprint density at radius 1 is 1.58 bits per heavy atom. The predicted molar refractivity (Wildman–Crippen MR) is 85.3 cm³/mol. The molecular formula is C14H13ClF2N4O2S. The van der Waals surface area contributed by atoms with Gasteiger partial charge in [0.1, 0.15) is 12.2 Å². The van der Waals surface area contributed by atoms with Gasteiger partial charge in [0.25, 0.3) is 6.43 Å². The molecule has 1 aliphatic carbocycles. The maximum absolute atomic E-state index is 12.9. The van der Waals surface area contributed by atoms with E-state index in [1.54, 1.807) is 17.5 Å². The highest BCUT2D eigenvalue weighted by Crippen LogP contribution is 2.45. The number of nitrogens with two attached hydrogens (primary N) is 1. The zero-order chi connectivity index (χ0) is 17.3. The lowest BCUT2D eigenvalue weighted by Crippen LogP contribution is -2.18. The topological polar surface area (TPSA) is 82.5 Å². The second-order valence-corrected chi connectivity index (χ2v) is 6.56. The maximum Gasteiger partial charge on any atom is 0.356 e. The lowest BCUT2D eigenvalue weighted by molar-refractivity contribution is -0.144. The zero-order valence-electron chi connectivity index (χ0n) is 12.3. The monoisotopic (exact) mass is 374 g/mol. The second kappa shape index (κ2) is 6.86. The van der Waals surface area contributed by atoms with Gasteiger partial charge >= 0.3 is 5.97 Å². The average Bonchev–Trinajstić information content (AvgIpc) is 3.10. The third kappa shape index (κ3) is 3.57. The van der Waals surface area contributed by atoms with E-state index >= 15 is 0 Å². The Morgan fingerprint density at radius 2 is 2.33 bits per heavy atom. The molecule has 2 aromatic rings. The van der Waals surface area contributed by atoms with Gasteiger partial charge < -0.3 is 10.6 Å². The van der Waals surface area contributed by atoms with Gasteiger partial charge in [0.05, 0.1) is 15.6 Å². The molecule has 0 aliphatic heterocycles. The normalized spacial score (nSPS) is 15.1. The Labute approximate surface area is 144 Å². The fourth-order valence-corrected chi connectivity index (χ4v) is 3.19. The first kappa shape index (κ1) is 16.8. The average molecular weight is 375 g/mol. The summed E-state index contributed by atoms with van der Waals surface area (Å²) in [5.74, 6) is -0.658. The van der Waals surface area contributed by atoms with Gasteiger partial charge in [-0.1, -0.05) is 22.8 Å². The quantitative estimate of drug-likeness (QED) is 0.364. The minimum absolute atomic E-state index is 0.0463. The van der Waals surface area contributed by atoms with Crippen LogP contribution in [0.2, 0.25) is 5.02 Å². The van der Waals surface area contributed by atoms with Crippen molar-refractivity contribution in [2.75, 3.05) is 0 Å². The lowest BCUT2D eigenvalue weighted by atomic mass is 10.2. The van der Waals surface area contributed by atoms with Crippen LogP contribution in [0.5, 0.6) is 0 Å². The van der Waals surface area contributed by atoms with Crippen molar-refractivity contribution in [2.45, 2.75) is 31.7 Å². The summed E-state index contributed by atoms with van der Waals surface area (Å²) >= 11 is 7.32. The number of aromatic nitrogens is 2. The van der Waals surface area contributed by atoms with Crippen molar-refractivity contribution in [3.05, 3.63) is 38.8 Å². The highest BCUT2D eigenvalue weighted by Gasteiger charge is 2.34. The number of amidine groups is 1. The number of hydrogen-bond acceptors (Lipinski definition) is 5. The van der Waals surface area contributed by atoms with Crippen molar-refractivity contribution in [1.29, 1.82) is 0 Å². The number of carbonyl (C=O) groups excluding carboxylic acids is 1. The predicted octanol–water partition coefficient (Wildman–Crippen LogP) is 3.28. The molecule has 0 bridgehead atoms. The molecule has 128 valence electrons. The Bertz CT molecular complexity index is 772. The molecule has 1 fully saturated rings. The number of thiophene rings is 1. The highest BCUT2D eigenvalue weighted by atomic mass is 35.5. The fourth-order valence-electron chi connectivity index (χ4n) is 2.20. The van der Waals surface area contributed by atoms with Gasteiger partial charge in [-0.3, -0.25) is 4.68 Å². The Kier molecular flexibility index (Phi) is 4.81. The van der Waals surface area contributed by atoms with Gasteiger partial charge in [-0.05, 0) is 24.3 Å². The van der Waals surface area contributed by atoms with E-state index in [1.807, 2.05) is 0 Å². The van der Waals surface area contributed by atoms with Gasteiger partial charge in [-0.2, -0.15) is 5.10 Å². The Morgan fingerprint density at radius 3 is 2.92 bits per heavy atom. The van der Waals surface area contributed by atoms with Crippen LogP contribution in [-0.2, 0) is 16.2 Å². The van der Waals surface area contributed by atoms with E-state index in [0.717, 1.165) is 12.8 Å². The molecule has 24 heavy (non-hydrogen) atoms. The van der Waals surface area contributed by atoms with Crippen LogP contribution >= 0.6 is 22.9 Å². The number of carbonyl (C=O) groups is 1. The molecule has 0 atom stereocenters. The van der Waals surface area contributed by atoms with Crippen LogP contribution in [-0.4, -0.2) is 21.6 Å². The summed E-state index contributed by atoms with van der Waals surface area (Å²) in [6, 6.07) is 3.51. The van der Waals surface area contributed by atoms with Crippen molar-refractivity contribution >= 4 is 34.7 Å². The van der Waals surface area contributed by atoms with Crippen molar-refractivity contribution in [2.24, 2.45) is 10.9 Å². The molecule has 2 heterocycles. The van der Waals surface area contributed by atoms with E-state index in [0.29, 0.717) is 10.6 Å². The van der Waals surface area contributed by atoms with Gasteiger partial charge in [-0.15, -0.1) is 11.3 Å². The molecule has 10 heteroatoms. The van der Waals surface area contributed by atoms with Crippen LogP contribution in [0.25, 0.3) is 0 Å². The standard InChI is InChI=1S/C14H13ClF2N4O2S/c15-10-11(13(16)17)19-21(12(10)7-3-4-7)6-9(22)23-20-14(18)8-2-1-5-24-8/h1-2,5,7,13H,3-4,6H2,(H2,18,20). The molecule has 0 amide bonds. The molecule has 3 rings (SSSR count). The first-order chi connectivity index (χ1) is 11.5. The molecule has 0 aromatic carbocycles. The minimum Gasteiger partial charge on any atom is -0.380 e. The SMILES string of the molecule is N/C(=N\OC(=O)Cn1nc(C(F)F)c(Cl)c1C1CC1)c1cccs1. The number of alkyl halides is 2. The van der Waals surface area contributed by atoms with Crippen molar-refractivity contribution in [1.82, 2.24) is 9.78 Å². The molecule has 0 radical (unpaired) electrons. The van der Waals surface area contributed by atoms with Crippen LogP contribution < -0.4 is 5.73 Å². The molecule has 1 aliphatic rings. The van der Waals surface area contributed by atoms with E-state index in [9.17, 15) is 13.6 Å². The summed E-state index contributed by atoms with van der Waals surface area (Å²) in [4.78, 5) is 17.3. The first-order valence-corrected chi connectivity index (χ1v) is 8.34. The molecule has 1 saturated carbocycles. The number of nitrogens with zero attached hydrogens (tertiary/aromatic N) is 3. The summed E-state index contributed by atoms with van der Waals surface area (Å²) in [7, 11) is 0. The van der Waals surface area contributed by atoms with E-state index < -0.39 is 18.1 Å². The van der Waals surface area contributed by atoms with Crippen molar-refractivity contribution in [3.8, 4) is 0 Å². The molecule has 0 saturated heterocycles. The Hall–Kier alpha value is -2.00. The summed E-state index contributed by atoms with van der Waals surface area (Å²) in [5, 5.41) is 9.02. The number of rotatable bonds is 6. The maximum atomic E-state index is 12.9. The van der Waals surface area contributed by atoms with E-state index in [2.05, 4.69) is 10.3 Å².